The largest absolute Gasteiger partial charge is 0.497 e. The fourth-order valence-corrected chi connectivity index (χ4v) is 3.60. The number of hydrogen-bond donors (Lipinski definition) is 2. The topological polar surface area (TPSA) is 97.5 Å². The molecule has 7 nitrogen and oxygen atoms in total. The molecular weight excluding hydrogens is 412 g/mol. The Hall–Kier alpha value is -2.61. The fraction of sp³-hybridized carbons (Fsp3) is 0.522. The number of thiazole rings is 1. The summed E-state index contributed by atoms with van der Waals surface area (Å²) in [6.07, 6.45) is 1.44. The van der Waals surface area contributed by atoms with Gasteiger partial charge < -0.3 is 20.7 Å². The zero-order chi connectivity index (χ0) is 23.4. The monoisotopic (exact) mass is 448 g/mol. The molecule has 0 radical (unpaired) electrons. The Bertz CT molecular complexity index is 820. The Morgan fingerprint density at radius 2 is 2.00 bits per heavy atom. The van der Waals surface area contributed by atoms with Crippen LogP contribution in [0, 0.1) is 5.92 Å². The van der Waals surface area contributed by atoms with E-state index in [1.165, 1.54) is 11.3 Å². The Morgan fingerprint density at radius 3 is 2.61 bits per heavy atom. The van der Waals surface area contributed by atoms with Crippen LogP contribution in [0.1, 0.15) is 47.5 Å². The van der Waals surface area contributed by atoms with E-state index in [-0.39, 0.29) is 12.5 Å². The lowest BCUT2D eigenvalue weighted by Crippen LogP contribution is -2.45. The summed E-state index contributed by atoms with van der Waals surface area (Å²) in [7, 11) is 1.62. The Balaban J connectivity index is 0.000000720. The Kier molecular flexibility index (Phi) is 11.6. The molecule has 172 valence electrons. The summed E-state index contributed by atoms with van der Waals surface area (Å²) >= 11 is 1.42. The number of rotatable bonds is 6. The SMILES string of the molecule is CC.CC(C)C.COc1cccc(-c2csc(NCC(=O)N3CCC[C@H]3C(N)=O)n2)c1. The number of benzene rings is 1. The quantitative estimate of drug-likeness (QED) is 0.683. The van der Waals surface area contributed by atoms with Crippen molar-refractivity contribution >= 4 is 28.3 Å². The van der Waals surface area contributed by atoms with E-state index in [1.807, 2.05) is 43.5 Å². The third kappa shape index (κ3) is 8.57. The lowest BCUT2D eigenvalue weighted by molar-refractivity contribution is -0.135. The van der Waals surface area contributed by atoms with Crippen LogP contribution in [0.5, 0.6) is 5.75 Å². The van der Waals surface area contributed by atoms with Crippen LogP contribution < -0.4 is 15.8 Å². The molecule has 1 aliphatic heterocycles. The van der Waals surface area contributed by atoms with E-state index in [9.17, 15) is 9.59 Å². The van der Waals surface area contributed by atoms with Gasteiger partial charge in [-0.15, -0.1) is 11.3 Å². The summed E-state index contributed by atoms with van der Waals surface area (Å²) in [6.45, 7) is 11.2. The molecule has 3 rings (SSSR count). The van der Waals surface area contributed by atoms with Crippen molar-refractivity contribution in [1.82, 2.24) is 9.88 Å². The van der Waals surface area contributed by atoms with Crippen LogP contribution in [-0.4, -0.2) is 47.9 Å². The molecule has 2 aromatic rings. The normalized spacial score (nSPS) is 14.8. The first kappa shape index (κ1) is 26.4. The van der Waals surface area contributed by atoms with Gasteiger partial charge in [0.2, 0.25) is 11.8 Å². The van der Waals surface area contributed by atoms with Crippen molar-refractivity contribution in [3.63, 3.8) is 0 Å². The van der Waals surface area contributed by atoms with Gasteiger partial charge in [0, 0.05) is 17.5 Å². The highest BCUT2D eigenvalue weighted by molar-refractivity contribution is 7.14. The molecule has 1 fully saturated rings. The smallest absolute Gasteiger partial charge is 0.242 e. The highest BCUT2D eigenvalue weighted by atomic mass is 32.1. The van der Waals surface area contributed by atoms with Crippen LogP contribution in [0.3, 0.4) is 0 Å². The number of carbonyl (C=O) groups is 2. The van der Waals surface area contributed by atoms with E-state index >= 15 is 0 Å². The fourth-order valence-electron chi connectivity index (χ4n) is 2.88. The molecule has 31 heavy (non-hydrogen) atoms. The second kappa shape index (κ2) is 13.6. The van der Waals surface area contributed by atoms with Gasteiger partial charge in [-0.25, -0.2) is 4.98 Å². The lowest BCUT2D eigenvalue weighted by Gasteiger charge is -2.22. The van der Waals surface area contributed by atoms with Gasteiger partial charge in [0.25, 0.3) is 0 Å². The summed E-state index contributed by atoms with van der Waals surface area (Å²) < 4.78 is 5.22. The van der Waals surface area contributed by atoms with Crippen molar-refractivity contribution in [3.8, 4) is 17.0 Å². The minimum Gasteiger partial charge on any atom is -0.497 e. The van der Waals surface area contributed by atoms with Gasteiger partial charge in [-0.05, 0) is 30.9 Å². The molecule has 0 unspecified atom stereocenters. The van der Waals surface area contributed by atoms with Crippen LogP contribution in [0.4, 0.5) is 5.13 Å². The third-order valence-corrected chi connectivity index (χ3v) is 4.96. The molecule has 0 bridgehead atoms. The third-order valence-electron chi connectivity index (χ3n) is 4.16. The maximum absolute atomic E-state index is 12.3. The van der Waals surface area contributed by atoms with Crippen molar-refractivity contribution in [1.29, 1.82) is 0 Å². The molecule has 3 N–H and O–H groups in total. The van der Waals surface area contributed by atoms with Gasteiger partial charge >= 0.3 is 0 Å². The molecular formula is C23H36N4O3S. The average molecular weight is 449 g/mol. The molecule has 1 aromatic carbocycles. The zero-order valence-electron chi connectivity index (χ0n) is 19.5. The van der Waals surface area contributed by atoms with Crippen molar-refractivity contribution < 1.29 is 14.3 Å². The first-order valence-corrected chi connectivity index (χ1v) is 11.6. The number of likely N-dealkylation sites (tertiary alicyclic amines) is 1. The minimum atomic E-state index is -0.488. The summed E-state index contributed by atoms with van der Waals surface area (Å²) in [5, 5.41) is 5.61. The number of hydrogen-bond acceptors (Lipinski definition) is 6. The van der Waals surface area contributed by atoms with Crippen LogP contribution in [0.2, 0.25) is 0 Å². The van der Waals surface area contributed by atoms with E-state index in [0.29, 0.717) is 18.1 Å². The molecule has 1 aromatic heterocycles. The average Bonchev–Trinajstić information content (AvgIpc) is 3.43. The number of ether oxygens (including phenoxy) is 1. The van der Waals surface area contributed by atoms with Gasteiger partial charge in [0.05, 0.1) is 19.3 Å². The van der Waals surface area contributed by atoms with E-state index < -0.39 is 11.9 Å². The standard InChI is InChI=1S/C17H20N4O3S.C4H10.C2H6/c1-24-12-5-2-4-11(8-12)13-10-25-17(20-13)19-9-15(22)21-7-3-6-14(21)16(18)23;1-4(2)3;1-2/h2,4-5,8,10,14H,3,6-7,9H2,1H3,(H2,18,23)(H,19,20);4H,1-3H3;1-2H3/t14-;;/m0../s1. The summed E-state index contributed by atoms with van der Waals surface area (Å²) in [5.74, 6) is 1.02. The number of methoxy groups -OCH3 is 1. The number of nitrogens with zero attached hydrogens (tertiary/aromatic N) is 2. The van der Waals surface area contributed by atoms with Crippen LogP contribution >= 0.6 is 11.3 Å². The van der Waals surface area contributed by atoms with E-state index in [0.717, 1.165) is 29.3 Å². The predicted molar refractivity (Wildman–Crippen MR) is 128 cm³/mol. The van der Waals surface area contributed by atoms with Gasteiger partial charge in [-0.3, -0.25) is 9.59 Å². The Labute approximate surface area is 190 Å². The number of primary amides is 1. The number of amides is 2. The van der Waals surface area contributed by atoms with Crippen molar-refractivity contribution in [2.75, 3.05) is 25.5 Å². The van der Waals surface area contributed by atoms with Crippen LogP contribution in [-0.2, 0) is 9.59 Å². The Morgan fingerprint density at radius 1 is 1.32 bits per heavy atom. The van der Waals surface area contributed by atoms with E-state index in [1.54, 1.807) is 12.0 Å². The number of nitrogens with two attached hydrogens (primary N) is 1. The van der Waals surface area contributed by atoms with Crippen molar-refractivity contribution in [2.45, 2.75) is 53.5 Å². The second-order valence-electron chi connectivity index (χ2n) is 7.50. The number of carbonyl (C=O) groups excluding carboxylic acids is 2. The number of nitrogens with one attached hydrogen (secondary N) is 1. The summed E-state index contributed by atoms with van der Waals surface area (Å²) in [4.78, 5) is 29.7. The van der Waals surface area contributed by atoms with Gasteiger partial charge in [0.15, 0.2) is 5.13 Å². The van der Waals surface area contributed by atoms with Crippen LogP contribution in [0.25, 0.3) is 11.3 Å². The van der Waals surface area contributed by atoms with Crippen LogP contribution in [0.15, 0.2) is 29.6 Å². The first-order valence-electron chi connectivity index (χ1n) is 10.7. The molecule has 1 atom stereocenters. The molecule has 2 heterocycles. The highest BCUT2D eigenvalue weighted by Crippen LogP contribution is 2.27. The number of aromatic nitrogens is 1. The highest BCUT2D eigenvalue weighted by Gasteiger charge is 2.32. The van der Waals surface area contributed by atoms with Gasteiger partial charge in [-0.1, -0.05) is 46.8 Å². The number of anilines is 1. The molecule has 0 spiro atoms. The predicted octanol–water partition coefficient (Wildman–Crippen LogP) is 4.40. The van der Waals surface area contributed by atoms with Crippen molar-refractivity contribution in [3.05, 3.63) is 29.6 Å². The zero-order valence-corrected chi connectivity index (χ0v) is 20.3. The minimum absolute atomic E-state index is 0.0921. The molecule has 0 aliphatic carbocycles. The van der Waals surface area contributed by atoms with Gasteiger partial charge in [0.1, 0.15) is 11.8 Å². The second-order valence-corrected chi connectivity index (χ2v) is 8.36. The van der Waals surface area contributed by atoms with E-state index in [2.05, 4.69) is 31.1 Å². The van der Waals surface area contributed by atoms with Gasteiger partial charge in [-0.2, -0.15) is 0 Å². The molecule has 1 saturated heterocycles. The van der Waals surface area contributed by atoms with Crippen molar-refractivity contribution in [2.24, 2.45) is 11.7 Å². The molecule has 8 heteroatoms. The summed E-state index contributed by atoms with van der Waals surface area (Å²) in [6, 6.07) is 7.15. The molecule has 2 amide bonds. The maximum Gasteiger partial charge on any atom is 0.242 e. The first-order chi connectivity index (χ1) is 14.8. The summed E-state index contributed by atoms with van der Waals surface area (Å²) in [5.41, 5.74) is 7.11. The lowest BCUT2D eigenvalue weighted by atomic mass is 10.2. The van der Waals surface area contributed by atoms with E-state index in [4.69, 9.17) is 10.5 Å². The molecule has 0 saturated carbocycles. The molecule has 1 aliphatic rings. The maximum atomic E-state index is 12.3.